The third-order valence-corrected chi connectivity index (χ3v) is 3.51. The van der Waals surface area contributed by atoms with Crippen LogP contribution in [0, 0.1) is 5.41 Å². The van der Waals surface area contributed by atoms with Crippen LogP contribution in [0.4, 0.5) is 4.39 Å². The van der Waals surface area contributed by atoms with Gasteiger partial charge in [-0.2, -0.15) is 9.62 Å². The molecule has 0 unspecified atom stereocenters. The molecule has 110 valence electrons. The lowest BCUT2D eigenvalue weighted by molar-refractivity contribution is -0.125. The Morgan fingerprint density at radius 1 is 1.43 bits per heavy atom. The van der Waals surface area contributed by atoms with E-state index in [1.807, 2.05) is 0 Å². The third-order valence-electron chi connectivity index (χ3n) is 3.51. The first-order valence-electron chi connectivity index (χ1n) is 6.36. The van der Waals surface area contributed by atoms with Crippen molar-refractivity contribution in [2.24, 2.45) is 10.5 Å². The Balaban J connectivity index is 2.25. The molecule has 0 atom stereocenters. The Labute approximate surface area is 119 Å². The average Bonchev–Trinajstić information content (AvgIpc) is 3.01. The fourth-order valence-electron chi connectivity index (χ4n) is 2.27. The van der Waals surface area contributed by atoms with Gasteiger partial charge in [-0.3, -0.25) is 4.79 Å². The molecule has 1 N–H and O–H groups in total. The molecule has 0 aliphatic carbocycles. The number of hydrogen-bond acceptors (Lipinski definition) is 5. The van der Waals surface area contributed by atoms with Crippen molar-refractivity contribution in [1.82, 2.24) is 20.0 Å². The second kappa shape index (κ2) is 4.51. The minimum absolute atomic E-state index is 0.0523. The van der Waals surface area contributed by atoms with Crippen LogP contribution in [0.1, 0.15) is 25.2 Å². The van der Waals surface area contributed by atoms with E-state index in [4.69, 9.17) is 4.74 Å². The summed E-state index contributed by atoms with van der Waals surface area (Å²) in [4.78, 5) is 16.0. The van der Waals surface area contributed by atoms with Crippen molar-refractivity contribution in [2.45, 2.75) is 20.5 Å². The van der Waals surface area contributed by atoms with E-state index in [2.05, 4.69) is 20.6 Å². The van der Waals surface area contributed by atoms with E-state index in [1.165, 1.54) is 11.6 Å². The molecular formula is C13H14FN5O2. The topological polar surface area (TPSA) is 80.9 Å². The smallest absolute Gasteiger partial charge is 0.251 e. The second-order valence-corrected chi connectivity index (χ2v) is 5.21. The van der Waals surface area contributed by atoms with Crippen LogP contribution >= 0.6 is 0 Å². The van der Waals surface area contributed by atoms with Crippen LogP contribution in [0.15, 0.2) is 17.2 Å². The maximum atomic E-state index is 12.8. The number of carbonyl (C=O) groups excluding carboxylic acids is 1. The van der Waals surface area contributed by atoms with Crippen molar-refractivity contribution in [3.05, 3.63) is 23.5 Å². The molecule has 1 aliphatic heterocycles. The van der Waals surface area contributed by atoms with Gasteiger partial charge in [-0.25, -0.2) is 14.8 Å². The molecule has 0 saturated heterocycles. The monoisotopic (exact) mass is 291 g/mol. The molecule has 0 aromatic carbocycles. The minimum atomic E-state index is -0.795. The van der Waals surface area contributed by atoms with Crippen LogP contribution in [0.2, 0.25) is 0 Å². The van der Waals surface area contributed by atoms with E-state index in [0.717, 1.165) is 0 Å². The van der Waals surface area contributed by atoms with Gasteiger partial charge in [-0.1, -0.05) is 0 Å². The summed E-state index contributed by atoms with van der Waals surface area (Å²) in [5.74, 6) is 0.282. The standard InChI is InChI=1S/C13H14FN5O2/c1-13(2)10(16-17-12(13)20)7-4-5-9(21-3)19-11(7)15-8(6-14)18-19/h4-5H,6H2,1-3H3,(H,17,20). The summed E-state index contributed by atoms with van der Waals surface area (Å²) in [6.45, 7) is 2.75. The van der Waals surface area contributed by atoms with Crippen molar-refractivity contribution in [2.75, 3.05) is 7.11 Å². The molecule has 0 spiro atoms. The number of nitrogens with zero attached hydrogens (tertiary/aromatic N) is 4. The van der Waals surface area contributed by atoms with Gasteiger partial charge in [0.25, 0.3) is 5.91 Å². The molecular weight excluding hydrogens is 277 g/mol. The Morgan fingerprint density at radius 3 is 2.76 bits per heavy atom. The number of pyridine rings is 1. The lowest BCUT2D eigenvalue weighted by Gasteiger charge is -2.17. The zero-order valence-electron chi connectivity index (χ0n) is 11.8. The van der Waals surface area contributed by atoms with Crippen molar-refractivity contribution in [3.63, 3.8) is 0 Å². The predicted molar refractivity (Wildman–Crippen MR) is 72.8 cm³/mol. The Morgan fingerprint density at radius 2 is 2.19 bits per heavy atom. The molecule has 2 aromatic rings. The number of rotatable bonds is 3. The number of hydrazone groups is 1. The molecule has 1 aliphatic rings. The molecule has 3 heterocycles. The molecule has 7 nitrogen and oxygen atoms in total. The minimum Gasteiger partial charge on any atom is -0.481 e. The van der Waals surface area contributed by atoms with Crippen molar-refractivity contribution in [3.8, 4) is 5.88 Å². The number of hydrogen-bond donors (Lipinski definition) is 1. The van der Waals surface area contributed by atoms with Gasteiger partial charge in [0.2, 0.25) is 5.88 Å². The van der Waals surface area contributed by atoms with Crippen LogP contribution in [-0.4, -0.2) is 33.3 Å². The summed E-state index contributed by atoms with van der Waals surface area (Å²) in [7, 11) is 1.49. The van der Waals surface area contributed by atoms with Crippen LogP contribution in [-0.2, 0) is 11.5 Å². The lowest BCUT2D eigenvalue weighted by Crippen LogP contribution is -2.32. The Hall–Kier alpha value is -2.51. The number of ether oxygens (including phenoxy) is 1. The van der Waals surface area contributed by atoms with Gasteiger partial charge in [0.1, 0.15) is 0 Å². The van der Waals surface area contributed by atoms with E-state index in [-0.39, 0.29) is 11.7 Å². The Kier molecular flexibility index (Phi) is 2.89. The number of methoxy groups -OCH3 is 1. The molecule has 21 heavy (non-hydrogen) atoms. The van der Waals surface area contributed by atoms with E-state index in [9.17, 15) is 9.18 Å². The van der Waals surface area contributed by atoms with Gasteiger partial charge in [0.15, 0.2) is 18.1 Å². The molecule has 0 saturated carbocycles. The van der Waals surface area contributed by atoms with Gasteiger partial charge < -0.3 is 4.74 Å². The fourth-order valence-corrected chi connectivity index (χ4v) is 2.27. The van der Waals surface area contributed by atoms with E-state index in [0.29, 0.717) is 22.8 Å². The molecule has 8 heteroatoms. The number of halogens is 1. The summed E-state index contributed by atoms with van der Waals surface area (Å²) in [5.41, 5.74) is 3.23. The van der Waals surface area contributed by atoms with Gasteiger partial charge in [0.05, 0.1) is 18.2 Å². The molecule has 0 bridgehead atoms. The Bertz CT molecular complexity index is 765. The first-order chi connectivity index (χ1) is 9.98. The van der Waals surface area contributed by atoms with Crippen LogP contribution < -0.4 is 10.2 Å². The van der Waals surface area contributed by atoms with E-state index >= 15 is 0 Å². The largest absolute Gasteiger partial charge is 0.481 e. The summed E-state index contributed by atoms with van der Waals surface area (Å²) in [6.07, 6.45) is 0. The zero-order chi connectivity index (χ0) is 15.2. The van der Waals surface area contributed by atoms with Gasteiger partial charge in [-0.15, -0.1) is 5.10 Å². The maximum absolute atomic E-state index is 12.8. The number of fused-ring (bicyclic) bond motifs is 1. The van der Waals surface area contributed by atoms with Crippen molar-refractivity contribution in [1.29, 1.82) is 0 Å². The van der Waals surface area contributed by atoms with Crippen LogP contribution in [0.25, 0.3) is 5.65 Å². The summed E-state index contributed by atoms with van der Waals surface area (Å²) >= 11 is 0. The van der Waals surface area contributed by atoms with Gasteiger partial charge in [-0.05, 0) is 19.9 Å². The summed E-state index contributed by atoms with van der Waals surface area (Å²) in [5, 5.41) is 8.13. The number of amides is 1. The molecule has 3 rings (SSSR count). The average molecular weight is 291 g/mol. The summed E-state index contributed by atoms with van der Waals surface area (Å²) in [6, 6.07) is 3.42. The van der Waals surface area contributed by atoms with Crippen LogP contribution in [0.5, 0.6) is 5.88 Å². The maximum Gasteiger partial charge on any atom is 0.251 e. The van der Waals surface area contributed by atoms with Crippen molar-refractivity contribution >= 4 is 17.3 Å². The number of nitrogens with one attached hydrogen (secondary N) is 1. The third kappa shape index (κ3) is 1.86. The van der Waals surface area contributed by atoms with Gasteiger partial charge >= 0.3 is 0 Å². The summed E-state index contributed by atoms with van der Waals surface area (Å²) < 4.78 is 19.4. The molecule has 1 amide bonds. The molecule has 0 fully saturated rings. The van der Waals surface area contributed by atoms with Crippen LogP contribution in [0.3, 0.4) is 0 Å². The molecule has 0 radical (unpaired) electrons. The zero-order valence-corrected chi connectivity index (χ0v) is 11.8. The SMILES string of the molecule is COc1ccc(C2=NNC(=O)C2(C)C)c2nc(CF)nn12. The first kappa shape index (κ1) is 13.5. The highest BCUT2D eigenvalue weighted by Gasteiger charge is 2.40. The number of carbonyl (C=O) groups is 1. The predicted octanol–water partition coefficient (Wildman–Crippen LogP) is 1.07. The number of alkyl halides is 1. The van der Waals surface area contributed by atoms with E-state index in [1.54, 1.807) is 26.0 Å². The highest BCUT2D eigenvalue weighted by Crippen LogP contribution is 2.30. The highest BCUT2D eigenvalue weighted by atomic mass is 19.1. The fraction of sp³-hybridized carbons (Fsp3) is 0.385. The highest BCUT2D eigenvalue weighted by molar-refractivity contribution is 6.21. The number of aromatic nitrogens is 3. The normalized spacial score (nSPS) is 17.0. The second-order valence-electron chi connectivity index (χ2n) is 5.21. The quantitative estimate of drug-likeness (QED) is 0.917. The first-order valence-corrected chi connectivity index (χ1v) is 6.36. The van der Waals surface area contributed by atoms with Gasteiger partial charge in [0, 0.05) is 11.6 Å². The van der Waals surface area contributed by atoms with Crippen molar-refractivity contribution < 1.29 is 13.9 Å². The molecule has 2 aromatic heterocycles. The lowest BCUT2D eigenvalue weighted by atomic mass is 9.84. The van der Waals surface area contributed by atoms with E-state index < -0.39 is 12.1 Å².